The van der Waals surface area contributed by atoms with Gasteiger partial charge in [-0.15, -0.1) is 0 Å². The number of carbonyl (C=O) groups excluding carboxylic acids is 1. The van der Waals surface area contributed by atoms with E-state index in [1.807, 2.05) is 6.92 Å². The summed E-state index contributed by atoms with van der Waals surface area (Å²) in [6, 6.07) is 6.45. The average Bonchev–Trinajstić information content (AvgIpc) is 2.36. The summed E-state index contributed by atoms with van der Waals surface area (Å²) in [7, 11) is -3.77. The van der Waals surface area contributed by atoms with Crippen LogP contribution in [0.4, 0.5) is 0 Å². The molecule has 104 valence electrons. The van der Waals surface area contributed by atoms with E-state index >= 15 is 0 Å². The molecule has 0 saturated carbocycles. The molecule has 0 heterocycles. The van der Waals surface area contributed by atoms with Crippen molar-refractivity contribution < 1.29 is 13.2 Å². The molecule has 0 atom stereocenters. The van der Waals surface area contributed by atoms with Crippen LogP contribution in [0.2, 0.25) is 0 Å². The lowest BCUT2D eigenvalue weighted by molar-refractivity contribution is -0.111. The predicted octanol–water partition coefficient (Wildman–Crippen LogP) is 2.93. The van der Waals surface area contributed by atoms with Crippen LogP contribution in [0.3, 0.4) is 0 Å². The largest absolute Gasteiger partial charge is 0.288 e. The Balaban J connectivity index is 2.44. The van der Waals surface area contributed by atoms with Crippen molar-refractivity contribution in [2.24, 2.45) is 4.40 Å². The van der Waals surface area contributed by atoms with Gasteiger partial charge in [-0.3, -0.25) is 4.79 Å². The second-order valence-corrected chi connectivity index (χ2v) is 6.91. The van der Waals surface area contributed by atoms with E-state index in [0.717, 1.165) is 5.56 Å². The molecule has 0 amide bonds. The summed E-state index contributed by atoms with van der Waals surface area (Å²) in [6.07, 6.45) is 2.86. The smallest absolute Gasteiger partial charge is 0.282 e. The summed E-state index contributed by atoms with van der Waals surface area (Å²) in [5.74, 6) is -0.170. The Morgan fingerprint density at radius 3 is 2.20 bits per heavy atom. The average molecular weight is 354 g/mol. The van der Waals surface area contributed by atoms with Crippen LogP contribution in [0.15, 0.2) is 55.8 Å². The SMILES string of the molecule is CC1=CC(=NS(=O)(=O)c2ccc(C)cc2)C=C(Br)C1=O. The van der Waals surface area contributed by atoms with Crippen molar-refractivity contribution >= 4 is 37.4 Å². The highest BCUT2D eigenvalue weighted by molar-refractivity contribution is 9.12. The van der Waals surface area contributed by atoms with Gasteiger partial charge in [0.25, 0.3) is 10.0 Å². The summed E-state index contributed by atoms with van der Waals surface area (Å²) in [6.45, 7) is 3.49. The lowest BCUT2D eigenvalue weighted by Crippen LogP contribution is -2.11. The minimum Gasteiger partial charge on any atom is -0.288 e. The van der Waals surface area contributed by atoms with Crippen LogP contribution in [0.1, 0.15) is 12.5 Å². The van der Waals surface area contributed by atoms with Crippen molar-refractivity contribution in [1.29, 1.82) is 0 Å². The highest BCUT2D eigenvalue weighted by atomic mass is 79.9. The van der Waals surface area contributed by atoms with Gasteiger partial charge >= 0.3 is 0 Å². The molecular weight excluding hydrogens is 342 g/mol. The number of Topliss-reactive ketones (excluding diaryl/α,β-unsaturated/α-hetero) is 1. The van der Waals surface area contributed by atoms with E-state index in [0.29, 0.717) is 10.1 Å². The third-order valence-corrected chi connectivity index (χ3v) is 4.67. The monoisotopic (exact) mass is 353 g/mol. The van der Waals surface area contributed by atoms with Crippen LogP contribution < -0.4 is 0 Å². The molecule has 1 aliphatic rings. The molecule has 0 aliphatic heterocycles. The van der Waals surface area contributed by atoms with Gasteiger partial charge in [0.05, 0.1) is 15.1 Å². The topological polar surface area (TPSA) is 63.6 Å². The van der Waals surface area contributed by atoms with Crippen molar-refractivity contribution in [3.05, 3.63) is 52.0 Å². The number of allylic oxidation sites excluding steroid dienone is 4. The lowest BCUT2D eigenvalue weighted by Gasteiger charge is -2.07. The van der Waals surface area contributed by atoms with Crippen LogP contribution in [-0.4, -0.2) is 19.9 Å². The van der Waals surface area contributed by atoms with Crippen LogP contribution in [0.5, 0.6) is 0 Å². The zero-order valence-corrected chi connectivity index (χ0v) is 13.3. The third kappa shape index (κ3) is 3.13. The normalized spacial score (nSPS) is 17.9. The van der Waals surface area contributed by atoms with Crippen LogP contribution in [0.25, 0.3) is 0 Å². The molecule has 2 rings (SSSR count). The van der Waals surface area contributed by atoms with E-state index in [-0.39, 0.29) is 16.4 Å². The molecular formula is C14H12BrNO3S. The zero-order chi connectivity index (χ0) is 14.9. The first-order chi connectivity index (χ1) is 9.29. The van der Waals surface area contributed by atoms with E-state index < -0.39 is 10.0 Å². The Kier molecular flexibility index (Phi) is 4.06. The van der Waals surface area contributed by atoms with E-state index in [4.69, 9.17) is 0 Å². The second kappa shape index (κ2) is 5.46. The summed E-state index contributed by atoms with van der Waals surface area (Å²) in [4.78, 5) is 11.7. The first-order valence-corrected chi connectivity index (χ1v) is 8.05. The number of sulfonamides is 1. The fraction of sp³-hybridized carbons (Fsp3) is 0.143. The Morgan fingerprint density at radius 2 is 1.65 bits per heavy atom. The van der Waals surface area contributed by atoms with E-state index in [2.05, 4.69) is 20.3 Å². The Labute approximate surface area is 126 Å². The number of carbonyl (C=O) groups is 1. The van der Waals surface area contributed by atoms with Crippen LogP contribution in [0, 0.1) is 6.92 Å². The molecule has 0 fully saturated rings. The number of rotatable bonds is 2. The van der Waals surface area contributed by atoms with Gasteiger partial charge in [0.2, 0.25) is 0 Å². The van der Waals surface area contributed by atoms with E-state index in [1.165, 1.54) is 24.3 Å². The van der Waals surface area contributed by atoms with Gasteiger partial charge in [-0.25, -0.2) is 0 Å². The first-order valence-electron chi connectivity index (χ1n) is 5.81. The van der Waals surface area contributed by atoms with Crippen molar-refractivity contribution in [2.45, 2.75) is 18.7 Å². The quantitative estimate of drug-likeness (QED) is 0.767. The lowest BCUT2D eigenvalue weighted by atomic mass is 10.1. The van der Waals surface area contributed by atoms with Crippen molar-refractivity contribution in [2.75, 3.05) is 0 Å². The Hall–Kier alpha value is -1.53. The molecule has 6 heteroatoms. The molecule has 4 nitrogen and oxygen atoms in total. The molecule has 0 radical (unpaired) electrons. The van der Waals surface area contributed by atoms with Crippen molar-refractivity contribution in [3.8, 4) is 0 Å². The second-order valence-electron chi connectivity index (χ2n) is 4.45. The molecule has 0 unspecified atom stereocenters. The maximum atomic E-state index is 12.2. The van der Waals surface area contributed by atoms with E-state index in [9.17, 15) is 13.2 Å². The maximum Gasteiger partial charge on any atom is 0.282 e. The summed E-state index contributed by atoms with van der Waals surface area (Å²) < 4.78 is 28.4. The first kappa shape index (κ1) is 14.9. The maximum absolute atomic E-state index is 12.2. The summed E-state index contributed by atoms with van der Waals surface area (Å²) >= 11 is 3.10. The number of hydrogen-bond donors (Lipinski definition) is 0. The minimum atomic E-state index is -3.77. The zero-order valence-electron chi connectivity index (χ0n) is 10.9. The number of nitrogens with zero attached hydrogens (tertiary/aromatic N) is 1. The molecule has 0 spiro atoms. The molecule has 1 aliphatic carbocycles. The molecule has 0 bridgehead atoms. The summed E-state index contributed by atoms with van der Waals surface area (Å²) in [5.41, 5.74) is 1.64. The van der Waals surface area contributed by atoms with Crippen LogP contribution >= 0.6 is 15.9 Å². The highest BCUT2D eigenvalue weighted by Gasteiger charge is 2.18. The molecule has 0 N–H and O–H groups in total. The van der Waals surface area contributed by atoms with E-state index in [1.54, 1.807) is 19.1 Å². The van der Waals surface area contributed by atoms with Crippen LogP contribution in [-0.2, 0) is 14.8 Å². The van der Waals surface area contributed by atoms with Gasteiger partial charge in [-0.05, 0) is 59.6 Å². The number of aryl methyl sites for hydroxylation is 1. The molecule has 0 aromatic heterocycles. The van der Waals surface area contributed by atoms with Gasteiger partial charge in [-0.1, -0.05) is 17.7 Å². The third-order valence-electron chi connectivity index (χ3n) is 2.76. The fourth-order valence-electron chi connectivity index (χ4n) is 1.67. The molecule has 0 saturated heterocycles. The Bertz CT molecular complexity index is 732. The Morgan fingerprint density at radius 1 is 1.05 bits per heavy atom. The standard InChI is InChI=1S/C14H12BrNO3S/c1-9-3-5-12(6-4-9)20(18,19)16-11-7-10(2)14(17)13(15)8-11/h3-8H,1-2H3. The van der Waals surface area contributed by atoms with Gasteiger partial charge in [0, 0.05) is 0 Å². The predicted molar refractivity (Wildman–Crippen MR) is 81.6 cm³/mol. The molecule has 20 heavy (non-hydrogen) atoms. The highest BCUT2D eigenvalue weighted by Crippen LogP contribution is 2.20. The van der Waals surface area contributed by atoms with Gasteiger partial charge in [0.1, 0.15) is 0 Å². The minimum absolute atomic E-state index is 0.128. The van der Waals surface area contributed by atoms with Crippen molar-refractivity contribution in [3.63, 3.8) is 0 Å². The fourth-order valence-corrected chi connectivity index (χ4v) is 3.18. The van der Waals surface area contributed by atoms with Crippen molar-refractivity contribution in [1.82, 2.24) is 0 Å². The number of benzene rings is 1. The number of ketones is 1. The van der Waals surface area contributed by atoms with Gasteiger partial charge in [-0.2, -0.15) is 12.8 Å². The number of halogens is 1. The number of hydrogen-bond acceptors (Lipinski definition) is 3. The van der Waals surface area contributed by atoms with Gasteiger partial charge < -0.3 is 0 Å². The molecule has 1 aromatic rings. The van der Waals surface area contributed by atoms with Gasteiger partial charge in [0.15, 0.2) is 5.78 Å². The molecule has 1 aromatic carbocycles. The summed E-state index contributed by atoms with van der Waals surface area (Å²) in [5, 5.41) is 0.